The fourth-order valence-electron chi connectivity index (χ4n) is 0. The van der Waals surface area contributed by atoms with Crippen LogP contribution in [0.25, 0.3) is 0 Å². The molecule has 0 aliphatic heterocycles. The quantitative estimate of drug-likeness (QED) is 0.204. The predicted molar refractivity (Wildman–Crippen MR) is 19.6 cm³/mol. The van der Waals surface area contributed by atoms with E-state index in [0.717, 1.165) is 0 Å². The van der Waals surface area contributed by atoms with Crippen LogP contribution in [0.1, 0.15) is 0 Å². The van der Waals surface area contributed by atoms with E-state index >= 15 is 0 Å². The van der Waals surface area contributed by atoms with Crippen molar-refractivity contribution in [2.75, 3.05) is 0 Å². The van der Waals surface area contributed by atoms with Crippen molar-refractivity contribution < 1.29 is 10.5 Å². The average molecular weight is 49.9 g/mol. The normalized spacial score (nSPS) is 1.50. The molecule has 2 nitrogen and oxygen atoms in total. The molecule has 0 aromatic heterocycles. The standard InChI is InChI=1S/2Li.H2O2.2H/c;;1-2;;/h;;1-2H;;. The Labute approximate surface area is 48.5 Å². The van der Waals surface area contributed by atoms with E-state index in [4.69, 9.17) is 10.5 Å². The number of rotatable bonds is 0. The Morgan fingerprint density at radius 1 is 0.750 bits per heavy atom. The summed E-state index contributed by atoms with van der Waals surface area (Å²) in [5.74, 6) is 0. The molecular weight excluding hydrogens is 45.9 g/mol. The van der Waals surface area contributed by atoms with Crippen molar-refractivity contribution in [3.63, 3.8) is 0 Å². The second-order valence-corrected chi connectivity index (χ2v) is 0. The van der Waals surface area contributed by atoms with E-state index in [1.165, 1.54) is 0 Å². The zero-order valence-electron chi connectivity index (χ0n) is 0.894. The molecule has 0 aliphatic rings. The van der Waals surface area contributed by atoms with Gasteiger partial charge in [0, 0.05) is 0 Å². The van der Waals surface area contributed by atoms with Gasteiger partial charge in [-0.25, -0.2) is 0 Å². The second kappa shape index (κ2) is 32.1. The Morgan fingerprint density at radius 3 is 0.750 bits per heavy atom. The summed E-state index contributed by atoms with van der Waals surface area (Å²) in [6.45, 7) is 0. The van der Waals surface area contributed by atoms with E-state index in [1.807, 2.05) is 0 Å². The molecular formula is H4Li2O2. The van der Waals surface area contributed by atoms with Gasteiger partial charge in [0.15, 0.2) is 0 Å². The summed E-state index contributed by atoms with van der Waals surface area (Å²) in [4.78, 5) is 0. The molecule has 0 aromatic rings. The van der Waals surface area contributed by atoms with Gasteiger partial charge in [0.25, 0.3) is 0 Å². The van der Waals surface area contributed by atoms with E-state index in [9.17, 15) is 0 Å². The monoisotopic (exact) mass is 50.1 g/mol. The van der Waals surface area contributed by atoms with Crippen LogP contribution in [0, 0.1) is 0 Å². The molecule has 0 amide bonds. The van der Waals surface area contributed by atoms with Crippen molar-refractivity contribution in [2.45, 2.75) is 0 Å². The van der Waals surface area contributed by atoms with Crippen LogP contribution in [0.2, 0.25) is 0 Å². The van der Waals surface area contributed by atoms with Crippen LogP contribution in [0.4, 0.5) is 0 Å². The third-order valence-electron chi connectivity index (χ3n) is 0. The molecule has 0 rings (SSSR count). The van der Waals surface area contributed by atoms with Gasteiger partial charge in [-0.3, -0.25) is 10.5 Å². The summed E-state index contributed by atoms with van der Waals surface area (Å²) in [5, 5.41) is 12.0. The van der Waals surface area contributed by atoms with Crippen LogP contribution in [-0.4, -0.2) is 48.2 Å². The molecule has 0 heterocycles. The molecule has 2 N–H and O–H groups in total. The first-order chi connectivity index (χ1) is 1.00. The van der Waals surface area contributed by atoms with Gasteiger partial charge in [-0.2, -0.15) is 0 Å². The summed E-state index contributed by atoms with van der Waals surface area (Å²) in [6.07, 6.45) is 0. The molecule has 4 heteroatoms. The zero-order chi connectivity index (χ0) is 2.00. The summed E-state index contributed by atoms with van der Waals surface area (Å²) in [5.41, 5.74) is 0. The minimum absolute atomic E-state index is 0. The van der Waals surface area contributed by atoms with Gasteiger partial charge in [-0.15, -0.1) is 0 Å². The molecule has 18 valence electrons. The number of hydrogen-bond donors (Lipinski definition) is 2. The van der Waals surface area contributed by atoms with Crippen LogP contribution in [0.3, 0.4) is 0 Å². The van der Waals surface area contributed by atoms with Crippen molar-refractivity contribution >= 4 is 37.7 Å². The minimum atomic E-state index is 0. The molecule has 0 saturated carbocycles. The van der Waals surface area contributed by atoms with E-state index in [2.05, 4.69) is 0 Å². The Bertz CT molecular complexity index is 4.00. The second-order valence-electron chi connectivity index (χ2n) is 0. The Balaban J connectivity index is -0.00000000500. The maximum atomic E-state index is 6.00. The van der Waals surface area contributed by atoms with Gasteiger partial charge in [0.2, 0.25) is 0 Å². The third-order valence-corrected chi connectivity index (χ3v) is 0. The zero-order valence-corrected chi connectivity index (χ0v) is 0.894. The van der Waals surface area contributed by atoms with Gasteiger partial charge in [-0.05, 0) is 0 Å². The van der Waals surface area contributed by atoms with Crippen molar-refractivity contribution in [2.24, 2.45) is 0 Å². The first kappa shape index (κ1) is 19.4. The molecule has 4 heavy (non-hydrogen) atoms. The predicted octanol–water partition coefficient (Wildman–Crippen LogP) is -1.28. The van der Waals surface area contributed by atoms with E-state index < -0.39 is 0 Å². The Kier molecular flexibility index (Phi) is 156. The summed E-state index contributed by atoms with van der Waals surface area (Å²) >= 11 is 0. The number of hydrogen-bond acceptors (Lipinski definition) is 2. The van der Waals surface area contributed by atoms with Crippen molar-refractivity contribution in [1.29, 1.82) is 0 Å². The van der Waals surface area contributed by atoms with Gasteiger partial charge >= 0.3 is 37.7 Å². The molecule has 0 aromatic carbocycles. The van der Waals surface area contributed by atoms with E-state index in [-0.39, 0.29) is 37.7 Å². The molecule has 0 atom stereocenters. The van der Waals surface area contributed by atoms with Crippen LogP contribution < -0.4 is 0 Å². The molecule has 0 saturated heterocycles. The van der Waals surface area contributed by atoms with Gasteiger partial charge in [-0.1, -0.05) is 0 Å². The van der Waals surface area contributed by atoms with Crippen molar-refractivity contribution in [1.82, 2.24) is 0 Å². The van der Waals surface area contributed by atoms with Crippen LogP contribution >= 0.6 is 0 Å². The summed E-state index contributed by atoms with van der Waals surface area (Å²) in [7, 11) is 0. The topological polar surface area (TPSA) is 40.5 Å². The molecule has 0 radical (unpaired) electrons. The van der Waals surface area contributed by atoms with E-state index in [1.54, 1.807) is 0 Å². The fraction of sp³-hybridized carbons (Fsp3) is 0. The Morgan fingerprint density at radius 2 is 0.750 bits per heavy atom. The van der Waals surface area contributed by atoms with Gasteiger partial charge < -0.3 is 0 Å². The molecule has 0 spiro atoms. The van der Waals surface area contributed by atoms with Crippen LogP contribution in [0.15, 0.2) is 0 Å². The average Bonchev–Trinajstić information content (AvgIpc) is 1.00. The van der Waals surface area contributed by atoms with Crippen molar-refractivity contribution in [3.8, 4) is 0 Å². The van der Waals surface area contributed by atoms with Crippen LogP contribution in [-0.2, 0) is 0 Å². The first-order valence-electron chi connectivity index (χ1n) is 0.200. The molecule has 0 fully saturated rings. The molecule has 0 bridgehead atoms. The first-order valence-corrected chi connectivity index (χ1v) is 0.200. The summed E-state index contributed by atoms with van der Waals surface area (Å²) < 4.78 is 0. The maximum absolute atomic E-state index is 6.00. The SMILES string of the molecule is OO.[LiH].[LiH]. The molecule has 0 unspecified atom stereocenters. The van der Waals surface area contributed by atoms with Gasteiger partial charge in [0.05, 0.1) is 0 Å². The molecule has 0 aliphatic carbocycles. The van der Waals surface area contributed by atoms with Crippen molar-refractivity contribution in [3.05, 3.63) is 0 Å². The fourth-order valence-corrected chi connectivity index (χ4v) is 0. The van der Waals surface area contributed by atoms with Gasteiger partial charge in [0.1, 0.15) is 0 Å². The summed E-state index contributed by atoms with van der Waals surface area (Å²) in [6, 6.07) is 0. The Hall–Kier alpha value is 1.11. The van der Waals surface area contributed by atoms with E-state index in [0.29, 0.717) is 0 Å². The van der Waals surface area contributed by atoms with Crippen LogP contribution in [0.5, 0.6) is 0 Å². The third kappa shape index (κ3) is 11.2.